The van der Waals surface area contributed by atoms with Crippen molar-refractivity contribution in [2.45, 2.75) is 24.7 Å². The Kier molecular flexibility index (Phi) is 7.35. The van der Waals surface area contributed by atoms with E-state index >= 15 is 0 Å². The second-order valence-electron chi connectivity index (χ2n) is 7.81. The molecular weight excluding hydrogens is 442 g/mol. The van der Waals surface area contributed by atoms with E-state index < -0.39 is 34.3 Å². The van der Waals surface area contributed by atoms with Crippen molar-refractivity contribution in [1.29, 1.82) is 0 Å². The molecule has 0 heterocycles. The first-order chi connectivity index (χ1) is 15.6. The van der Waals surface area contributed by atoms with Gasteiger partial charge in [0.25, 0.3) is 5.91 Å². The molecule has 0 aliphatic rings. The van der Waals surface area contributed by atoms with Gasteiger partial charge >= 0.3 is 0 Å². The second kappa shape index (κ2) is 10.0. The molecule has 0 unspecified atom stereocenters. The fourth-order valence-electron chi connectivity index (χ4n) is 3.25. The highest BCUT2D eigenvalue weighted by atomic mass is 32.2. The van der Waals surface area contributed by atoms with Crippen LogP contribution in [0.3, 0.4) is 0 Å². The molecule has 1 atom stereocenters. The Hall–Kier alpha value is -3.43. The van der Waals surface area contributed by atoms with Gasteiger partial charge in [-0.1, -0.05) is 42.0 Å². The molecule has 0 saturated heterocycles. The molecule has 8 nitrogen and oxygen atoms in total. The van der Waals surface area contributed by atoms with Crippen molar-refractivity contribution in [3.63, 3.8) is 0 Å². The van der Waals surface area contributed by atoms with E-state index in [0.717, 1.165) is 32.0 Å². The molecule has 2 amide bonds. The molecular formula is C24H27N3O5S. The van der Waals surface area contributed by atoms with Crippen molar-refractivity contribution in [3.05, 3.63) is 71.8 Å². The molecule has 0 saturated carbocycles. The Bertz CT molecular complexity index is 1270. The molecule has 0 spiro atoms. The Labute approximate surface area is 193 Å². The number of sulfonamides is 1. The van der Waals surface area contributed by atoms with Crippen LogP contribution in [-0.4, -0.2) is 45.2 Å². The zero-order valence-corrected chi connectivity index (χ0v) is 19.8. The zero-order chi connectivity index (χ0) is 24.2. The van der Waals surface area contributed by atoms with Gasteiger partial charge in [-0.25, -0.2) is 8.42 Å². The highest BCUT2D eigenvalue weighted by Gasteiger charge is 2.23. The SMILES string of the molecule is COc1ccc2cc([C@H](C)C(=O)NNC(=O)CN(C)S(=O)(=O)c3ccc(C)cc3)ccc2c1. The van der Waals surface area contributed by atoms with Crippen molar-refractivity contribution >= 4 is 32.6 Å². The van der Waals surface area contributed by atoms with E-state index in [1.807, 2.05) is 43.3 Å². The van der Waals surface area contributed by atoms with Gasteiger partial charge in [-0.05, 0) is 54.4 Å². The number of methoxy groups -OCH3 is 1. The Morgan fingerprint density at radius 1 is 0.970 bits per heavy atom. The summed E-state index contributed by atoms with van der Waals surface area (Å²) in [5, 5.41) is 1.94. The van der Waals surface area contributed by atoms with Gasteiger partial charge < -0.3 is 4.74 Å². The van der Waals surface area contributed by atoms with E-state index in [-0.39, 0.29) is 4.90 Å². The third-order valence-electron chi connectivity index (χ3n) is 5.39. The lowest BCUT2D eigenvalue weighted by molar-refractivity contribution is -0.129. The number of hydrogen-bond acceptors (Lipinski definition) is 5. The number of benzene rings is 3. The smallest absolute Gasteiger partial charge is 0.253 e. The standard InChI is InChI=1S/C24H27N3O5S/c1-16-5-11-22(12-6-16)33(30,31)27(3)15-23(28)25-26-24(29)17(2)18-7-8-20-14-21(32-4)10-9-19(20)13-18/h5-14,17H,15H2,1-4H3,(H,25,28)(H,26,29)/t17-/m0/s1. The summed E-state index contributed by atoms with van der Waals surface area (Å²) in [6.07, 6.45) is 0. The monoisotopic (exact) mass is 469 g/mol. The van der Waals surface area contributed by atoms with Gasteiger partial charge in [0.05, 0.1) is 24.5 Å². The zero-order valence-electron chi connectivity index (χ0n) is 19.0. The number of nitrogens with zero attached hydrogens (tertiary/aromatic N) is 1. The minimum Gasteiger partial charge on any atom is -0.497 e. The van der Waals surface area contributed by atoms with Crippen molar-refractivity contribution in [1.82, 2.24) is 15.2 Å². The number of hydrazine groups is 1. The normalized spacial score (nSPS) is 12.4. The van der Waals surface area contributed by atoms with Gasteiger partial charge in [-0.2, -0.15) is 4.31 Å². The first-order valence-corrected chi connectivity index (χ1v) is 11.7. The Morgan fingerprint density at radius 2 is 1.61 bits per heavy atom. The number of amides is 2. The molecule has 0 aromatic heterocycles. The molecule has 9 heteroatoms. The van der Waals surface area contributed by atoms with Gasteiger partial charge in [-0.3, -0.25) is 20.4 Å². The van der Waals surface area contributed by atoms with Crippen LogP contribution in [0.5, 0.6) is 5.75 Å². The van der Waals surface area contributed by atoms with Crippen molar-refractivity contribution < 1.29 is 22.7 Å². The van der Waals surface area contributed by atoms with Crippen LogP contribution in [0.2, 0.25) is 0 Å². The van der Waals surface area contributed by atoms with Crippen LogP contribution in [0, 0.1) is 6.92 Å². The van der Waals surface area contributed by atoms with E-state index in [1.165, 1.54) is 19.2 Å². The molecule has 0 bridgehead atoms. The fraction of sp³-hybridized carbons (Fsp3) is 0.250. The number of fused-ring (bicyclic) bond motifs is 1. The summed E-state index contributed by atoms with van der Waals surface area (Å²) >= 11 is 0. The molecule has 0 aliphatic carbocycles. The van der Waals surface area contributed by atoms with E-state index in [0.29, 0.717) is 0 Å². The summed E-state index contributed by atoms with van der Waals surface area (Å²) in [5.41, 5.74) is 6.36. The molecule has 0 aliphatic heterocycles. The van der Waals surface area contributed by atoms with Crippen molar-refractivity contribution in [2.24, 2.45) is 0 Å². The number of nitrogens with one attached hydrogen (secondary N) is 2. The molecule has 2 N–H and O–H groups in total. The van der Waals surface area contributed by atoms with Crippen molar-refractivity contribution in [3.8, 4) is 5.75 Å². The van der Waals surface area contributed by atoms with E-state index in [1.54, 1.807) is 26.2 Å². The lowest BCUT2D eigenvalue weighted by Crippen LogP contribution is -2.47. The van der Waals surface area contributed by atoms with Crippen LogP contribution in [0.1, 0.15) is 24.0 Å². The van der Waals surface area contributed by atoms with Gasteiger partial charge in [0, 0.05) is 7.05 Å². The van der Waals surface area contributed by atoms with E-state index in [2.05, 4.69) is 10.9 Å². The predicted molar refractivity (Wildman–Crippen MR) is 126 cm³/mol. The summed E-state index contributed by atoms with van der Waals surface area (Å²) in [6.45, 7) is 3.13. The average Bonchev–Trinajstić information content (AvgIpc) is 2.81. The van der Waals surface area contributed by atoms with E-state index in [9.17, 15) is 18.0 Å². The number of likely N-dealkylation sites (N-methyl/N-ethyl adjacent to an activating group) is 1. The third-order valence-corrected chi connectivity index (χ3v) is 7.20. The quantitative estimate of drug-likeness (QED) is 0.518. The number of ether oxygens (including phenoxy) is 1. The highest BCUT2D eigenvalue weighted by molar-refractivity contribution is 7.89. The van der Waals surface area contributed by atoms with Gasteiger partial charge in [-0.15, -0.1) is 0 Å². The van der Waals surface area contributed by atoms with Crippen LogP contribution in [0.25, 0.3) is 10.8 Å². The average molecular weight is 470 g/mol. The lowest BCUT2D eigenvalue weighted by atomic mass is 9.97. The molecule has 0 radical (unpaired) electrons. The van der Waals surface area contributed by atoms with Crippen LogP contribution < -0.4 is 15.6 Å². The third kappa shape index (κ3) is 5.68. The van der Waals surface area contributed by atoms with Crippen LogP contribution in [-0.2, 0) is 19.6 Å². The first-order valence-electron chi connectivity index (χ1n) is 10.3. The number of hydrogen-bond donors (Lipinski definition) is 2. The Morgan fingerprint density at radius 3 is 2.27 bits per heavy atom. The van der Waals surface area contributed by atoms with Gasteiger partial charge in [0.2, 0.25) is 15.9 Å². The largest absolute Gasteiger partial charge is 0.497 e. The number of carbonyl (C=O) groups excluding carboxylic acids is 2. The number of carbonyl (C=O) groups is 2. The topological polar surface area (TPSA) is 105 Å². The minimum atomic E-state index is -3.82. The number of rotatable bonds is 7. The van der Waals surface area contributed by atoms with E-state index in [4.69, 9.17) is 4.74 Å². The van der Waals surface area contributed by atoms with Crippen molar-refractivity contribution in [2.75, 3.05) is 20.7 Å². The van der Waals surface area contributed by atoms with Gasteiger partial charge in [0.1, 0.15) is 5.75 Å². The summed E-state index contributed by atoms with van der Waals surface area (Å²) < 4.78 is 31.4. The summed E-state index contributed by atoms with van der Waals surface area (Å²) in [5.74, 6) is -0.858. The van der Waals surface area contributed by atoms with Crippen LogP contribution in [0.4, 0.5) is 0 Å². The van der Waals surface area contributed by atoms with Crippen LogP contribution >= 0.6 is 0 Å². The molecule has 3 aromatic carbocycles. The second-order valence-corrected chi connectivity index (χ2v) is 9.85. The molecule has 3 aromatic rings. The molecule has 33 heavy (non-hydrogen) atoms. The first kappa shape index (κ1) is 24.2. The van der Waals surface area contributed by atoms with Crippen LogP contribution in [0.15, 0.2) is 65.6 Å². The fourth-order valence-corrected chi connectivity index (χ4v) is 4.37. The lowest BCUT2D eigenvalue weighted by Gasteiger charge is -2.18. The maximum atomic E-state index is 12.6. The summed E-state index contributed by atoms with van der Waals surface area (Å²) in [6, 6.07) is 17.7. The Balaban J connectivity index is 1.58. The number of aryl methyl sites for hydroxylation is 1. The summed E-state index contributed by atoms with van der Waals surface area (Å²) in [7, 11) is -0.912. The maximum Gasteiger partial charge on any atom is 0.253 e. The highest BCUT2D eigenvalue weighted by Crippen LogP contribution is 2.25. The molecule has 0 fully saturated rings. The predicted octanol–water partition coefficient (Wildman–Crippen LogP) is 2.73. The summed E-state index contributed by atoms with van der Waals surface area (Å²) in [4.78, 5) is 24.9. The minimum absolute atomic E-state index is 0.0926. The molecule has 174 valence electrons. The molecule has 3 rings (SSSR count). The van der Waals surface area contributed by atoms with Gasteiger partial charge in [0.15, 0.2) is 0 Å². The maximum absolute atomic E-state index is 12.6.